The monoisotopic (exact) mass is 256 g/mol. The Kier molecular flexibility index (Phi) is 3.54. The van der Waals surface area contributed by atoms with E-state index in [4.69, 9.17) is 0 Å². The van der Waals surface area contributed by atoms with Gasteiger partial charge in [-0.25, -0.2) is 0 Å². The molecule has 0 amide bonds. The van der Waals surface area contributed by atoms with Crippen LogP contribution < -0.4 is 0 Å². The van der Waals surface area contributed by atoms with Gasteiger partial charge in [-0.15, -0.1) is 0 Å². The van der Waals surface area contributed by atoms with Gasteiger partial charge in [0.2, 0.25) is 0 Å². The van der Waals surface area contributed by atoms with Crippen molar-refractivity contribution in [3.8, 4) is 0 Å². The second-order valence-electron chi connectivity index (χ2n) is 7.33. The van der Waals surface area contributed by atoms with Gasteiger partial charge in [-0.2, -0.15) is 0 Å². The summed E-state index contributed by atoms with van der Waals surface area (Å²) in [6, 6.07) is 0. The van der Waals surface area contributed by atoms with Crippen LogP contribution in [-0.4, -0.2) is 33.1 Å². The average Bonchev–Trinajstić information content (AvgIpc) is 2.61. The zero-order valence-corrected chi connectivity index (χ0v) is 12.1. The van der Waals surface area contributed by atoms with Gasteiger partial charge in [-0.3, -0.25) is 0 Å². The van der Waals surface area contributed by atoms with Crippen LogP contribution in [0.3, 0.4) is 0 Å². The number of rotatable bonds is 1. The van der Waals surface area contributed by atoms with Crippen LogP contribution in [0.15, 0.2) is 0 Å². The van der Waals surface area contributed by atoms with E-state index < -0.39 is 17.8 Å². The van der Waals surface area contributed by atoms with Crippen LogP contribution in [0.4, 0.5) is 0 Å². The fourth-order valence-electron chi connectivity index (χ4n) is 4.34. The smallest absolute Gasteiger partial charge is 0.0881 e. The van der Waals surface area contributed by atoms with E-state index in [2.05, 4.69) is 20.8 Å². The first-order valence-corrected chi connectivity index (χ1v) is 7.28. The van der Waals surface area contributed by atoms with Crippen molar-refractivity contribution >= 4 is 0 Å². The van der Waals surface area contributed by atoms with E-state index in [1.807, 2.05) is 0 Å². The lowest BCUT2D eigenvalue weighted by Gasteiger charge is -2.42. The molecule has 2 aliphatic rings. The first-order valence-electron chi connectivity index (χ1n) is 7.28. The number of hydrogen-bond acceptors (Lipinski definition) is 3. The predicted octanol–water partition coefficient (Wildman–Crippen LogP) is 1.94. The van der Waals surface area contributed by atoms with Gasteiger partial charge in [0.15, 0.2) is 0 Å². The Morgan fingerprint density at radius 3 is 2.22 bits per heavy atom. The molecular weight excluding hydrogens is 228 g/mol. The lowest BCUT2D eigenvalue weighted by Crippen LogP contribution is -2.49. The quantitative estimate of drug-likeness (QED) is 0.672. The van der Waals surface area contributed by atoms with E-state index in [0.29, 0.717) is 24.7 Å². The van der Waals surface area contributed by atoms with Crippen molar-refractivity contribution in [3.63, 3.8) is 0 Å². The normalized spacial score (nSPS) is 53.3. The molecule has 2 aliphatic carbocycles. The van der Waals surface area contributed by atoms with E-state index in [0.717, 1.165) is 12.8 Å². The molecular formula is C15H28O3. The maximum Gasteiger partial charge on any atom is 0.0881 e. The molecule has 0 aromatic carbocycles. The summed E-state index contributed by atoms with van der Waals surface area (Å²) in [4.78, 5) is 0. The molecule has 2 rings (SSSR count). The standard InChI is InChI=1S/C15H28O3/c1-9(2)10-5-7-14(3)11(16)6-8-15(4,18)13(17)12(10)14/h9-13,16-18H,5-8H2,1-4H3/t10-,11+,12+,13+,14+,15-/m0/s1. The van der Waals surface area contributed by atoms with Gasteiger partial charge in [0.1, 0.15) is 0 Å². The summed E-state index contributed by atoms with van der Waals surface area (Å²) in [5.41, 5.74) is -1.31. The van der Waals surface area contributed by atoms with Gasteiger partial charge in [0.25, 0.3) is 0 Å². The van der Waals surface area contributed by atoms with Crippen LogP contribution in [0.1, 0.15) is 53.4 Å². The number of aliphatic hydroxyl groups is 3. The van der Waals surface area contributed by atoms with E-state index in [1.165, 1.54) is 0 Å². The van der Waals surface area contributed by atoms with Crippen LogP contribution in [0.2, 0.25) is 0 Å². The third kappa shape index (κ3) is 2.00. The maximum absolute atomic E-state index is 10.6. The molecule has 106 valence electrons. The molecule has 0 heterocycles. The molecule has 6 atom stereocenters. The maximum atomic E-state index is 10.6. The minimum absolute atomic E-state index is 0.00463. The van der Waals surface area contributed by atoms with Gasteiger partial charge in [0, 0.05) is 0 Å². The third-order valence-electron chi connectivity index (χ3n) is 5.76. The molecule has 3 heteroatoms. The van der Waals surface area contributed by atoms with E-state index in [-0.39, 0.29) is 11.3 Å². The molecule has 0 unspecified atom stereocenters. The van der Waals surface area contributed by atoms with Crippen LogP contribution in [0.5, 0.6) is 0 Å². The third-order valence-corrected chi connectivity index (χ3v) is 5.76. The lowest BCUT2D eigenvalue weighted by atomic mass is 9.67. The molecule has 3 N–H and O–H groups in total. The molecule has 0 aromatic rings. The largest absolute Gasteiger partial charge is 0.393 e. The summed E-state index contributed by atoms with van der Waals surface area (Å²) in [5, 5.41) is 31.5. The van der Waals surface area contributed by atoms with Gasteiger partial charge >= 0.3 is 0 Å². The van der Waals surface area contributed by atoms with Crippen LogP contribution >= 0.6 is 0 Å². The number of hydrogen-bond donors (Lipinski definition) is 3. The summed E-state index contributed by atoms with van der Waals surface area (Å²) in [7, 11) is 0. The highest BCUT2D eigenvalue weighted by Crippen LogP contribution is 2.57. The fourth-order valence-corrected chi connectivity index (χ4v) is 4.34. The molecule has 2 fully saturated rings. The number of fused-ring (bicyclic) bond motifs is 1. The second-order valence-corrected chi connectivity index (χ2v) is 7.33. The first-order chi connectivity index (χ1) is 8.20. The number of aliphatic hydroxyl groups excluding tert-OH is 2. The van der Waals surface area contributed by atoms with Crippen molar-refractivity contribution in [2.45, 2.75) is 71.2 Å². The minimum atomic E-state index is -1.07. The topological polar surface area (TPSA) is 60.7 Å². The van der Waals surface area contributed by atoms with Gasteiger partial charge < -0.3 is 15.3 Å². The Bertz CT molecular complexity index is 313. The highest BCUT2D eigenvalue weighted by molar-refractivity contribution is 5.07. The SMILES string of the molecule is CC(C)[C@@H]1CC[C@@]2(C)[C@H]1[C@@H](O)[C@@](C)(O)CC[C@H]2O. The van der Waals surface area contributed by atoms with Crippen molar-refractivity contribution in [1.29, 1.82) is 0 Å². The van der Waals surface area contributed by atoms with Crippen molar-refractivity contribution < 1.29 is 15.3 Å². The van der Waals surface area contributed by atoms with Crippen LogP contribution in [0, 0.1) is 23.2 Å². The minimum Gasteiger partial charge on any atom is -0.393 e. The Labute approximate surface area is 110 Å². The van der Waals surface area contributed by atoms with E-state index in [9.17, 15) is 15.3 Å². The Morgan fingerprint density at radius 1 is 1.06 bits per heavy atom. The predicted molar refractivity (Wildman–Crippen MR) is 71.0 cm³/mol. The zero-order valence-electron chi connectivity index (χ0n) is 12.1. The second kappa shape index (κ2) is 4.46. The first kappa shape index (κ1) is 14.3. The fraction of sp³-hybridized carbons (Fsp3) is 1.00. The Balaban J connectivity index is 2.40. The van der Waals surface area contributed by atoms with E-state index in [1.54, 1.807) is 6.92 Å². The Morgan fingerprint density at radius 2 is 1.67 bits per heavy atom. The molecule has 0 bridgehead atoms. The van der Waals surface area contributed by atoms with Gasteiger partial charge in [-0.05, 0) is 55.8 Å². The van der Waals surface area contributed by atoms with Gasteiger partial charge in [0.05, 0.1) is 17.8 Å². The molecule has 3 nitrogen and oxygen atoms in total. The molecule has 0 radical (unpaired) electrons. The van der Waals surface area contributed by atoms with Crippen LogP contribution in [-0.2, 0) is 0 Å². The van der Waals surface area contributed by atoms with Crippen molar-refractivity contribution in [2.24, 2.45) is 23.2 Å². The molecule has 0 spiro atoms. The zero-order chi connectivity index (χ0) is 13.7. The van der Waals surface area contributed by atoms with Crippen molar-refractivity contribution in [2.75, 3.05) is 0 Å². The lowest BCUT2D eigenvalue weighted by molar-refractivity contribution is -0.119. The summed E-state index contributed by atoms with van der Waals surface area (Å²) < 4.78 is 0. The summed E-state index contributed by atoms with van der Waals surface area (Å²) in [6.45, 7) is 8.16. The Hall–Kier alpha value is -0.120. The molecule has 2 saturated carbocycles. The molecule has 0 saturated heterocycles. The molecule has 0 aliphatic heterocycles. The highest BCUT2D eigenvalue weighted by atomic mass is 16.3. The van der Waals surface area contributed by atoms with Gasteiger partial charge in [-0.1, -0.05) is 20.8 Å². The average molecular weight is 256 g/mol. The molecule has 0 aromatic heterocycles. The highest BCUT2D eigenvalue weighted by Gasteiger charge is 2.58. The molecule has 18 heavy (non-hydrogen) atoms. The summed E-state index contributed by atoms with van der Waals surface area (Å²) in [6.07, 6.45) is 1.93. The van der Waals surface area contributed by atoms with Crippen LogP contribution in [0.25, 0.3) is 0 Å². The van der Waals surface area contributed by atoms with Crippen molar-refractivity contribution in [3.05, 3.63) is 0 Å². The summed E-state index contributed by atoms with van der Waals surface area (Å²) in [5.74, 6) is 0.877. The van der Waals surface area contributed by atoms with E-state index >= 15 is 0 Å². The summed E-state index contributed by atoms with van der Waals surface area (Å²) >= 11 is 0. The van der Waals surface area contributed by atoms with Crippen molar-refractivity contribution in [1.82, 2.24) is 0 Å².